The number of benzene rings is 4. The van der Waals surface area contributed by atoms with E-state index in [-0.39, 0.29) is 0 Å². The van der Waals surface area contributed by atoms with Crippen molar-refractivity contribution in [1.29, 1.82) is 0 Å². The van der Waals surface area contributed by atoms with E-state index in [4.69, 9.17) is 14.7 Å². The van der Waals surface area contributed by atoms with Gasteiger partial charge in [0.05, 0.1) is 28.3 Å². The van der Waals surface area contributed by atoms with Crippen molar-refractivity contribution in [2.75, 3.05) is 69.3 Å². The summed E-state index contributed by atoms with van der Waals surface area (Å²) >= 11 is 9.86. The van der Waals surface area contributed by atoms with Crippen LogP contribution in [0, 0.1) is 6.92 Å². The zero-order chi connectivity index (χ0) is 40.2. The van der Waals surface area contributed by atoms with Gasteiger partial charge in [-0.3, -0.25) is 0 Å². The number of aromatic nitrogens is 2. The van der Waals surface area contributed by atoms with Gasteiger partial charge in [0, 0.05) is 83.2 Å². The van der Waals surface area contributed by atoms with E-state index < -0.39 is 20.0 Å². The number of aryl methyl sites for hydroxylation is 1. The number of sulfonamides is 2. The molecule has 57 heavy (non-hydrogen) atoms. The minimum Gasteiger partial charge on any atom is -0.496 e. The van der Waals surface area contributed by atoms with E-state index in [9.17, 15) is 16.8 Å². The minimum absolute atomic E-state index is 0.321. The van der Waals surface area contributed by atoms with Gasteiger partial charge >= 0.3 is 0 Å². The van der Waals surface area contributed by atoms with Gasteiger partial charge in [-0.25, -0.2) is 26.8 Å². The van der Waals surface area contributed by atoms with E-state index in [1.54, 1.807) is 86.9 Å². The van der Waals surface area contributed by atoms with Crippen LogP contribution in [-0.2, 0) is 20.0 Å². The second-order valence-electron chi connectivity index (χ2n) is 13.2. The van der Waals surface area contributed by atoms with Gasteiger partial charge in [0.15, 0.2) is 10.3 Å². The van der Waals surface area contributed by atoms with Crippen molar-refractivity contribution in [2.24, 2.45) is 0 Å². The van der Waals surface area contributed by atoms with Gasteiger partial charge in [-0.2, -0.15) is 8.61 Å². The molecule has 11 nitrogen and oxygen atoms in total. The molecule has 0 atom stereocenters. The maximum absolute atomic E-state index is 12.9. The zero-order valence-electron chi connectivity index (χ0n) is 31.2. The Morgan fingerprint density at radius 3 is 1.40 bits per heavy atom. The predicted octanol–water partition coefficient (Wildman–Crippen LogP) is 8.48. The molecule has 0 radical (unpaired) electrons. The Morgan fingerprint density at radius 2 is 0.965 bits per heavy atom. The first kappa shape index (κ1) is 41.5. The minimum atomic E-state index is -3.48. The first-order valence-electron chi connectivity index (χ1n) is 18.1. The lowest BCUT2D eigenvalue weighted by Gasteiger charge is -2.33. The topological polar surface area (TPSA) is 116 Å². The number of piperazine rings is 2. The van der Waals surface area contributed by atoms with Crippen LogP contribution in [0.3, 0.4) is 0 Å². The van der Waals surface area contributed by atoms with Gasteiger partial charge in [-0.15, -0.1) is 22.7 Å². The summed E-state index contributed by atoms with van der Waals surface area (Å²) in [6.07, 6.45) is 0. The number of thiazole rings is 2. The Morgan fingerprint density at radius 1 is 0.561 bits per heavy atom. The van der Waals surface area contributed by atoms with Gasteiger partial charge in [0.1, 0.15) is 5.75 Å². The Labute approximate surface area is 358 Å². The van der Waals surface area contributed by atoms with E-state index in [0.717, 1.165) is 47.5 Å². The molecule has 4 heterocycles. The highest BCUT2D eigenvalue weighted by molar-refractivity contribution is 9.10. The molecule has 0 aliphatic carbocycles. The lowest BCUT2D eigenvalue weighted by molar-refractivity contribution is 0.384. The van der Waals surface area contributed by atoms with E-state index in [0.29, 0.717) is 62.1 Å². The molecule has 0 spiro atoms. The van der Waals surface area contributed by atoms with Crippen LogP contribution in [0.4, 0.5) is 10.3 Å². The summed E-state index contributed by atoms with van der Waals surface area (Å²) in [6.45, 7) is 6.34. The quantitative estimate of drug-likeness (QED) is 0.141. The molecule has 2 saturated heterocycles. The van der Waals surface area contributed by atoms with E-state index in [1.807, 2.05) is 41.8 Å². The molecule has 17 heteroatoms. The SMILES string of the molecule is COc1ccccc1-c1csc(N2CCN(S(=O)(=O)c3ccc(Br)cc3)CC2)n1.Cc1ccccc1-c1csc(N2CCN(S(=O)(=O)c3ccc(Br)cc3)CC2)n1. The molecule has 4 aromatic carbocycles. The molecule has 0 unspecified atom stereocenters. The number of ether oxygens (including phenoxy) is 1. The van der Waals surface area contributed by atoms with Crippen LogP contribution in [0.25, 0.3) is 22.5 Å². The van der Waals surface area contributed by atoms with Crippen LogP contribution in [0.15, 0.2) is 127 Å². The first-order chi connectivity index (χ1) is 27.4. The maximum atomic E-state index is 12.9. The fourth-order valence-corrected chi connectivity index (χ4v) is 11.7. The molecule has 0 bridgehead atoms. The van der Waals surface area contributed by atoms with Crippen molar-refractivity contribution in [3.05, 3.63) is 122 Å². The highest BCUT2D eigenvalue weighted by Crippen LogP contribution is 2.34. The molecule has 0 saturated carbocycles. The number of hydrogen-bond acceptors (Lipinski definition) is 11. The summed E-state index contributed by atoms with van der Waals surface area (Å²) in [5.41, 5.74) is 5.13. The summed E-state index contributed by atoms with van der Waals surface area (Å²) in [4.78, 5) is 14.5. The molecule has 2 aliphatic rings. The smallest absolute Gasteiger partial charge is 0.243 e. The number of halogens is 2. The second kappa shape index (κ2) is 18.1. The Hall–Kier alpha value is -3.68. The number of anilines is 2. The summed E-state index contributed by atoms with van der Waals surface area (Å²) in [5.74, 6) is 0.787. The van der Waals surface area contributed by atoms with Gasteiger partial charge < -0.3 is 14.5 Å². The third-order valence-electron chi connectivity index (χ3n) is 9.71. The fourth-order valence-electron chi connectivity index (χ4n) is 6.53. The molecular weight excluding hydrogens is 933 g/mol. The third kappa shape index (κ3) is 9.46. The summed E-state index contributed by atoms with van der Waals surface area (Å²) in [5, 5.41) is 5.92. The van der Waals surface area contributed by atoms with Crippen LogP contribution in [0.1, 0.15) is 5.56 Å². The monoisotopic (exact) mass is 970 g/mol. The van der Waals surface area contributed by atoms with E-state index in [2.05, 4.69) is 66.1 Å². The fraction of sp³-hybridized carbons (Fsp3) is 0.250. The molecule has 0 N–H and O–H groups in total. The van der Waals surface area contributed by atoms with Crippen LogP contribution in [0.2, 0.25) is 0 Å². The van der Waals surface area contributed by atoms with Crippen LogP contribution >= 0.6 is 54.5 Å². The largest absolute Gasteiger partial charge is 0.496 e. The zero-order valence-corrected chi connectivity index (χ0v) is 37.6. The van der Waals surface area contributed by atoms with E-state index in [1.165, 1.54) is 5.56 Å². The summed E-state index contributed by atoms with van der Waals surface area (Å²) in [7, 11) is -5.29. The summed E-state index contributed by atoms with van der Waals surface area (Å²) in [6, 6.07) is 29.6. The van der Waals surface area contributed by atoms with E-state index >= 15 is 0 Å². The van der Waals surface area contributed by atoms with Crippen molar-refractivity contribution in [2.45, 2.75) is 16.7 Å². The lowest BCUT2D eigenvalue weighted by atomic mass is 10.1. The number of methoxy groups -OCH3 is 1. The Kier molecular flexibility index (Phi) is 13.2. The van der Waals surface area contributed by atoms with Crippen molar-refractivity contribution < 1.29 is 21.6 Å². The van der Waals surface area contributed by atoms with Gasteiger partial charge in [0.2, 0.25) is 20.0 Å². The molecule has 2 aliphatic heterocycles. The predicted molar refractivity (Wildman–Crippen MR) is 237 cm³/mol. The van der Waals surface area contributed by atoms with Crippen molar-refractivity contribution >= 4 is 84.8 Å². The van der Waals surface area contributed by atoms with Crippen molar-refractivity contribution in [1.82, 2.24) is 18.6 Å². The molecule has 0 amide bonds. The molecular formula is C40H40Br2N6O5S4. The van der Waals surface area contributed by atoms with Crippen LogP contribution < -0.4 is 14.5 Å². The van der Waals surface area contributed by atoms with Crippen molar-refractivity contribution in [3.63, 3.8) is 0 Å². The first-order valence-corrected chi connectivity index (χ1v) is 24.3. The molecule has 298 valence electrons. The Bertz CT molecular complexity index is 2520. The number of nitrogens with zero attached hydrogens (tertiary/aromatic N) is 6. The molecule has 6 aromatic rings. The normalized spacial score (nSPS) is 15.6. The molecule has 2 aromatic heterocycles. The third-order valence-corrected chi connectivity index (χ3v) is 16.4. The van der Waals surface area contributed by atoms with Crippen LogP contribution in [-0.4, -0.2) is 94.9 Å². The highest BCUT2D eigenvalue weighted by atomic mass is 79.9. The highest BCUT2D eigenvalue weighted by Gasteiger charge is 2.31. The number of hydrogen-bond donors (Lipinski definition) is 0. The number of rotatable bonds is 9. The van der Waals surface area contributed by atoms with Crippen molar-refractivity contribution in [3.8, 4) is 28.3 Å². The van der Waals surface area contributed by atoms with Crippen LogP contribution in [0.5, 0.6) is 5.75 Å². The molecule has 2 fully saturated rings. The van der Waals surface area contributed by atoms with Gasteiger partial charge in [-0.1, -0.05) is 68.3 Å². The standard InChI is InChI=1S/C20H20BrN3O3S2.C20H20BrN3O2S2/c1-27-19-5-3-2-4-17(19)18-14-28-20(22-18)23-10-12-24(13-11-23)29(25,26)16-8-6-15(21)7-9-16;1-15-4-2-3-5-18(15)19-14-27-20(22-19)23-10-12-24(13-11-23)28(25,26)17-8-6-16(21)7-9-17/h2-9,14H,10-13H2,1H3;2-9,14H,10-13H2,1H3. The maximum Gasteiger partial charge on any atom is 0.243 e. The average molecular weight is 973 g/mol. The Balaban J connectivity index is 0.000000174. The molecule has 8 rings (SSSR count). The second-order valence-corrected chi connectivity index (χ2v) is 20.6. The summed E-state index contributed by atoms with van der Waals surface area (Å²) < 4.78 is 61.7. The lowest BCUT2D eigenvalue weighted by Crippen LogP contribution is -2.48. The number of para-hydroxylation sites is 1. The van der Waals surface area contributed by atoms with Gasteiger partial charge in [0.25, 0.3) is 0 Å². The van der Waals surface area contributed by atoms with Gasteiger partial charge in [-0.05, 0) is 73.2 Å². The average Bonchev–Trinajstić information content (AvgIpc) is 3.93.